The van der Waals surface area contributed by atoms with E-state index in [-0.39, 0.29) is 25.2 Å². The number of rotatable bonds is 15. The van der Waals surface area contributed by atoms with E-state index in [1.165, 1.54) is 12.7 Å². The van der Waals surface area contributed by atoms with Crippen LogP contribution in [-0.2, 0) is 39.8 Å². The van der Waals surface area contributed by atoms with Crippen LogP contribution in [-0.4, -0.2) is 80.0 Å². The van der Waals surface area contributed by atoms with Crippen LogP contribution in [0.4, 0.5) is 4.79 Å². The summed E-state index contributed by atoms with van der Waals surface area (Å²) in [6.45, 7) is 9.69. The molecule has 0 aliphatic carbocycles. The van der Waals surface area contributed by atoms with Crippen molar-refractivity contribution in [2.75, 3.05) is 26.9 Å². The van der Waals surface area contributed by atoms with Crippen molar-refractivity contribution in [1.29, 1.82) is 0 Å². The van der Waals surface area contributed by atoms with E-state index < -0.39 is 59.2 Å². The molecule has 3 amide bonds. The van der Waals surface area contributed by atoms with Crippen LogP contribution in [0.1, 0.15) is 121 Å². The summed E-state index contributed by atoms with van der Waals surface area (Å²) in [6.07, 6.45) is 6.33. The standard InChI is InChI=1S/C44H63N3O9/c1-7-8-14-31-17-19-32(20-18-31)33-21-23-34(24-22-33)38(48)28-35(15-11-12-25-45-43(53)56-44(3,4)5)41(51)47-37-29-55-26-13-9-10-16-36(42(52)54-6)46-40(50)30(2)27-39(37)49/h17-24,30,35-37H,7-16,25-29H2,1-6H3,(H,45,53)(H,46,50)(H,47,51)/t30-,35-,36+,37+/m1/s1. The molecule has 56 heavy (non-hydrogen) atoms. The largest absolute Gasteiger partial charge is 0.467 e. The summed E-state index contributed by atoms with van der Waals surface area (Å²) < 4.78 is 16.0. The Morgan fingerprint density at radius 3 is 2.25 bits per heavy atom. The third-order valence-electron chi connectivity index (χ3n) is 9.79. The number of hydrogen-bond acceptors (Lipinski definition) is 9. The maximum atomic E-state index is 14.0. The fraction of sp³-hybridized carbons (Fsp3) is 0.591. The minimum absolute atomic E-state index is 0.0782. The predicted octanol–water partition coefficient (Wildman–Crippen LogP) is 6.91. The molecule has 3 N–H and O–H groups in total. The van der Waals surface area contributed by atoms with E-state index in [1.807, 2.05) is 12.1 Å². The Morgan fingerprint density at radius 1 is 0.929 bits per heavy atom. The first kappa shape index (κ1) is 45.8. The summed E-state index contributed by atoms with van der Waals surface area (Å²) in [5.41, 5.74) is 3.15. The number of methoxy groups -OCH3 is 1. The number of nitrogens with one attached hydrogen (secondary N) is 3. The predicted molar refractivity (Wildman–Crippen MR) is 215 cm³/mol. The first-order chi connectivity index (χ1) is 26.7. The van der Waals surface area contributed by atoms with E-state index >= 15 is 0 Å². The second kappa shape index (κ2) is 23.5. The Bertz CT molecular complexity index is 1580. The van der Waals surface area contributed by atoms with Gasteiger partial charge in [-0.25, -0.2) is 9.59 Å². The van der Waals surface area contributed by atoms with Crippen molar-refractivity contribution in [3.8, 4) is 11.1 Å². The van der Waals surface area contributed by atoms with Crippen molar-refractivity contribution in [2.45, 2.75) is 129 Å². The zero-order valence-corrected chi connectivity index (χ0v) is 34.2. The van der Waals surface area contributed by atoms with Crippen molar-refractivity contribution in [2.24, 2.45) is 11.8 Å². The molecular formula is C44H63N3O9. The number of alkyl carbamates (subject to hydrolysis) is 1. The molecule has 0 bridgehead atoms. The number of esters is 1. The molecular weight excluding hydrogens is 714 g/mol. The number of unbranched alkanes of at least 4 members (excludes halogenated alkanes) is 2. The summed E-state index contributed by atoms with van der Waals surface area (Å²) in [5, 5.41) is 8.29. The summed E-state index contributed by atoms with van der Waals surface area (Å²) >= 11 is 0. The van der Waals surface area contributed by atoms with E-state index in [1.54, 1.807) is 39.8 Å². The molecule has 0 radical (unpaired) electrons. The van der Waals surface area contributed by atoms with Gasteiger partial charge in [0.2, 0.25) is 11.8 Å². The number of Topliss-reactive ketones (excluding diaryl/α,β-unsaturated/α-hetero) is 2. The Hall–Kier alpha value is -4.58. The van der Waals surface area contributed by atoms with Crippen molar-refractivity contribution < 1.29 is 43.0 Å². The SMILES string of the molecule is CCCCc1ccc(-c2ccc(C(=O)C[C@@H](CCCCNC(=O)OC(C)(C)C)C(=O)N[C@H]3COCCCCC[C@@H](C(=O)OC)NC(=O)[C@H](C)CC3=O)cc2)cc1. The van der Waals surface area contributed by atoms with Crippen LogP contribution in [0.3, 0.4) is 0 Å². The fourth-order valence-corrected chi connectivity index (χ4v) is 6.46. The van der Waals surface area contributed by atoms with Gasteiger partial charge in [-0.15, -0.1) is 0 Å². The van der Waals surface area contributed by atoms with Gasteiger partial charge in [-0.2, -0.15) is 0 Å². The Kier molecular flexibility index (Phi) is 19.2. The van der Waals surface area contributed by atoms with Crippen molar-refractivity contribution in [3.63, 3.8) is 0 Å². The fourth-order valence-electron chi connectivity index (χ4n) is 6.46. The highest BCUT2D eigenvalue weighted by atomic mass is 16.6. The second-order valence-electron chi connectivity index (χ2n) is 15.8. The molecule has 1 aliphatic rings. The van der Waals surface area contributed by atoms with Crippen molar-refractivity contribution in [1.82, 2.24) is 16.0 Å². The smallest absolute Gasteiger partial charge is 0.407 e. The number of amides is 3. The summed E-state index contributed by atoms with van der Waals surface area (Å²) in [7, 11) is 1.26. The number of ketones is 2. The van der Waals surface area contributed by atoms with Gasteiger partial charge in [-0.1, -0.05) is 88.1 Å². The van der Waals surface area contributed by atoms with E-state index in [0.29, 0.717) is 57.2 Å². The molecule has 0 unspecified atom stereocenters. The Morgan fingerprint density at radius 2 is 1.61 bits per heavy atom. The van der Waals surface area contributed by atoms with Crippen LogP contribution in [0.5, 0.6) is 0 Å². The normalized spacial score (nSPS) is 19.1. The Labute approximate surface area is 332 Å². The maximum absolute atomic E-state index is 14.0. The van der Waals surface area contributed by atoms with Gasteiger partial charge in [0.1, 0.15) is 17.7 Å². The summed E-state index contributed by atoms with van der Waals surface area (Å²) in [5.74, 6) is -3.64. The first-order valence-corrected chi connectivity index (χ1v) is 20.2. The van der Waals surface area contributed by atoms with E-state index in [4.69, 9.17) is 14.2 Å². The first-order valence-electron chi connectivity index (χ1n) is 20.2. The monoisotopic (exact) mass is 777 g/mol. The minimum Gasteiger partial charge on any atom is -0.467 e. The van der Waals surface area contributed by atoms with Crippen LogP contribution in [0.25, 0.3) is 11.1 Å². The van der Waals surface area contributed by atoms with Gasteiger partial charge < -0.3 is 30.2 Å². The van der Waals surface area contributed by atoms with Crippen molar-refractivity contribution >= 4 is 35.4 Å². The van der Waals surface area contributed by atoms with Gasteiger partial charge in [0, 0.05) is 43.4 Å². The van der Waals surface area contributed by atoms with Crippen LogP contribution in [0, 0.1) is 11.8 Å². The zero-order chi connectivity index (χ0) is 41.1. The lowest BCUT2D eigenvalue weighted by molar-refractivity contribution is -0.146. The molecule has 1 fully saturated rings. The van der Waals surface area contributed by atoms with Gasteiger partial charge in [0.05, 0.1) is 13.7 Å². The van der Waals surface area contributed by atoms with Crippen LogP contribution >= 0.6 is 0 Å². The molecule has 12 nitrogen and oxygen atoms in total. The molecule has 3 rings (SSSR count). The molecule has 0 saturated carbocycles. The molecule has 1 heterocycles. The number of benzene rings is 2. The third kappa shape index (κ3) is 16.3. The molecule has 308 valence electrons. The van der Waals surface area contributed by atoms with Crippen LogP contribution < -0.4 is 16.0 Å². The number of carbonyl (C=O) groups is 6. The van der Waals surface area contributed by atoms with Crippen molar-refractivity contribution in [3.05, 3.63) is 59.7 Å². The van der Waals surface area contributed by atoms with E-state index in [0.717, 1.165) is 36.8 Å². The lowest BCUT2D eigenvalue weighted by Crippen LogP contribution is -2.48. The highest BCUT2D eigenvalue weighted by molar-refractivity contribution is 6.00. The molecule has 0 aromatic heterocycles. The number of aryl methyl sites for hydroxylation is 1. The molecule has 1 saturated heterocycles. The van der Waals surface area contributed by atoms with E-state index in [9.17, 15) is 28.8 Å². The lowest BCUT2D eigenvalue weighted by Gasteiger charge is -2.24. The summed E-state index contributed by atoms with van der Waals surface area (Å²) in [4.78, 5) is 78.7. The number of carbonyl (C=O) groups excluding carboxylic acids is 6. The van der Waals surface area contributed by atoms with Gasteiger partial charge in [-0.05, 0) is 76.0 Å². The number of ether oxygens (including phenoxy) is 3. The van der Waals surface area contributed by atoms with E-state index in [2.05, 4.69) is 47.1 Å². The Balaban J connectivity index is 1.74. The molecule has 2 aromatic carbocycles. The average molecular weight is 778 g/mol. The van der Waals surface area contributed by atoms with Gasteiger partial charge in [-0.3, -0.25) is 19.2 Å². The van der Waals surface area contributed by atoms with Crippen LogP contribution in [0.2, 0.25) is 0 Å². The maximum Gasteiger partial charge on any atom is 0.407 e. The van der Waals surface area contributed by atoms with Crippen LogP contribution in [0.15, 0.2) is 48.5 Å². The van der Waals surface area contributed by atoms with Gasteiger partial charge >= 0.3 is 12.1 Å². The third-order valence-corrected chi connectivity index (χ3v) is 9.79. The molecule has 0 spiro atoms. The molecule has 12 heteroatoms. The molecule has 4 atom stereocenters. The topological polar surface area (TPSA) is 166 Å². The average Bonchev–Trinajstić information content (AvgIpc) is 3.16. The highest BCUT2D eigenvalue weighted by Gasteiger charge is 2.31. The summed E-state index contributed by atoms with van der Waals surface area (Å²) in [6, 6.07) is 13.9. The number of hydrogen-bond donors (Lipinski definition) is 3. The quantitative estimate of drug-likeness (QED) is 0.0990. The minimum atomic E-state index is -1.05. The molecule has 1 aliphatic heterocycles. The highest BCUT2D eigenvalue weighted by Crippen LogP contribution is 2.24. The second-order valence-corrected chi connectivity index (χ2v) is 15.8. The van der Waals surface area contributed by atoms with Gasteiger partial charge in [0.15, 0.2) is 11.6 Å². The lowest BCUT2D eigenvalue weighted by atomic mass is 9.91. The van der Waals surface area contributed by atoms with Gasteiger partial charge in [0.25, 0.3) is 0 Å². The zero-order valence-electron chi connectivity index (χ0n) is 34.2. The molecule has 2 aromatic rings.